The number of aryl methyl sites for hydroxylation is 1. The Balaban J connectivity index is 3.13. The number of nitrogens with one attached hydrogen (secondary N) is 1. The van der Waals surface area contributed by atoms with Crippen molar-refractivity contribution < 1.29 is 17.6 Å². The topological polar surface area (TPSA) is 63.2 Å². The summed E-state index contributed by atoms with van der Waals surface area (Å²) in [4.78, 5) is 11.8. The quantitative estimate of drug-likeness (QED) is 0.840. The van der Waals surface area contributed by atoms with E-state index in [-0.39, 0.29) is 21.4 Å². The van der Waals surface area contributed by atoms with Crippen LogP contribution in [0.15, 0.2) is 17.0 Å². The molecule has 1 aromatic carbocycles. The van der Waals surface area contributed by atoms with Crippen molar-refractivity contribution in [1.29, 1.82) is 0 Å². The highest BCUT2D eigenvalue weighted by molar-refractivity contribution is 8.13. The summed E-state index contributed by atoms with van der Waals surface area (Å²) in [6.45, 7) is 7.66. The second-order valence-corrected chi connectivity index (χ2v) is 8.31. The predicted molar refractivity (Wildman–Crippen MR) is 80.6 cm³/mol. The van der Waals surface area contributed by atoms with Gasteiger partial charge in [-0.25, -0.2) is 12.8 Å². The van der Waals surface area contributed by atoms with Gasteiger partial charge >= 0.3 is 0 Å². The average Bonchev–Trinajstić information content (AvgIpc) is 2.38. The van der Waals surface area contributed by atoms with Crippen LogP contribution in [0.5, 0.6) is 0 Å². The summed E-state index contributed by atoms with van der Waals surface area (Å²) in [5.41, 5.74) is -0.394. The van der Waals surface area contributed by atoms with Crippen molar-refractivity contribution in [1.82, 2.24) is 5.32 Å². The number of halogens is 2. The molecular weight excluding hydrogens is 317 g/mol. The molecule has 0 bridgehead atoms. The molecular formula is C14H19ClFNO3S. The Labute approximate surface area is 129 Å². The molecule has 21 heavy (non-hydrogen) atoms. The maximum Gasteiger partial charge on any atom is 0.261 e. The highest BCUT2D eigenvalue weighted by Gasteiger charge is 2.22. The number of amides is 1. The van der Waals surface area contributed by atoms with Crippen LogP contribution < -0.4 is 5.32 Å². The van der Waals surface area contributed by atoms with Crippen LogP contribution in [0, 0.1) is 18.2 Å². The molecule has 0 spiro atoms. The zero-order valence-corrected chi connectivity index (χ0v) is 14.0. The average molecular weight is 336 g/mol. The summed E-state index contributed by atoms with van der Waals surface area (Å²) >= 11 is 0. The maximum atomic E-state index is 14.0. The molecule has 1 amide bonds. The predicted octanol–water partition coefficient (Wildman–Crippen LogP) is 3.23. The third-order valence-corrected chi connectivity index (χ3v) is 4.77. The number of rotatable bonds is 5. The van der Waals surface area contributed by atoms with Gasteiger partial charge in [-0.05, 0) is 36.5 Å². The number of benzene rings is 1. The summed E-state index contributed by atoms with van der Waals surface area (Å²) in [6.07, 6.45) is 0.838. The van der Waals surface area contributed by atoms with Gasteiger partial charge in [0.2, 0.25) is 0 Å². The van der Waals surface area contributed by atoms with E-state index in [2.05, 4.69) is 5.32 Å². The zero-order valence-electron chi connectivity index (χ0n) is 12.5. The molecule has 0 saturated heterocycles. The Morgan fingerprint density at radius 3 is 2.43 bits per heavy atom. The van der Waals surface area contributed by atoms with Gasteiger partial charge in [-0.2, -0.15) is 0 Å². The lowest BCUT2D eigenvalue weighted by Crippen LogP contribution is -2.34. The molecule has 7 heteroatoms. The van der Waals surface area contributed by atoms with Crippen LogP contribution in [-0.2, 0) is 9.05 Å². The summed E-state index contributed by atoms with van der Waals surface area (Å²) in [5.74, 6) is -1.40. The van der Waals surface area contributed by atoms with Crippen LogP contribution in [0.4, 0.5) is 4.39 Å². The van der Waals surface area contributed by atoms with Gasteiger partial charge in [0.1, 0.15) is 5.82 Å². The van der Waals surface area contributed by atoms with Gasteiger partial charge in [0, 0.05) is 17.2 Å². The van der Waals surface area contributed by atoms with Gasteiger partial charge < -0.3 is 5.32 Å². The first-order valence-corrected chi connectivity index (χ1v) is 8.82. The molecule has 0 aliphatic rings. The minimum atomic E-state index is -4.02. The van der Waals surface area contributed by atoms with E-state index in [1.807, 2.05) is 20.8 Å². The van der Waals surface area contributed by atoms with Crippen molar-refractivity contribution >= 4 is 25.6 Å². The molecule has 0 aliphatic heterocycles. The molecule has 0 aliphatic carbocycles. The molecule has 0 atom stereocenters. The Morgan fingerprint density at radius 2 is 1.95 bits per heavy atom. The maximum absolute atomic E-state index is 14.0. The highest BCUT2D eigenvalue weighted by atomic mass is 35.7. The van der Waals surface area contributed by atoms with Crippen molar-refractivity contribution in [3.8, 4) is 0 Å². The van der Waals surface area contributed by atoms with Crippen LogP contribution in [0.25, 0.3) is 0 Å². The van der Waals surface area contributed by atoms with Crippen LogP contribution in [0.2, 0.25) is 0 Å². The van der Waals surface area contributed by atoms with E-state index < -0.39 is 20.8 Å². The Kier molecular flexibility index (Phi) is 5.39. The van der Waals surface area contributed by atoms with Gasteiger partial charge in [0.25, 0.3) is 15.0 Å². The van der Waals surface area contributed by atoms with E-state index in [0.29, 0.717) is 6.54 Å². The fourth-order valence-corrected chi connectivity index (χ4v) is 2.43. The molecule has 0 heterocycles. The molecule has 0 radical (unpaired) electrons. The van der Waals surface area contributed by atoms with E-state index in [4.69, 9.17) is 10.7 Å². The van der Waals surface area contributed by atoms with Crippen LogP contribution in [0.3, 0.4) is 0 Å². The van der Waals surface area contributed by atoms with Crippen LogP contribution in [-0.4, -0.2) is 20.9 Å². The SMILES string of the molecule is CCC(C)(C)CNC(=O)c1cc(S(=O)(=O)Cl)cc(C)c1F. The van der Waals surface area contributed by atoms with Crippen molar-refractivity contribution in [2.75, 3.05) is 6.54 Å². The van der Waals surface area contributed by atoms with Gasteiger partial charge in [0.05, 0.1) is 10.5 Å². The van der Waals surface area contributed by atoms with Gasteiger partial charge in [-0.1, -0.05) is 20.8 Å². The summed E-state index contributed by atoms with van der Waals surface area (Å²) in [7, 11) is 1.23. The standard InChI is InChI=1S/C14H19ClFNO3S/c1-5-14(3,4)8-17-13(18)11-7-10(21(15,19)20)6-9(2)12(11)16/h6-7H,5,8H2,1-4H3,(H,17,18). The van der Waals surface area contributed by atoms with Gasteiger partial charge in [0.15, 0.2) is 0 Å². The number of hydrogen-bond donors (Lipinski definition) is 1. The fourth-order valence-electron chi connectivity index (χ4n) is 1.58. The first-order chi connectivity index (χ1) is 9.48. The third kappa shape index (κ3) is 4.68. The van der Waals surface area contributed by atoms with Crippen molar-refractivity contribution in [3.63, 3.8) is 0 Å². The summed E-state index contributed by atoms with van der Waals surface area (Å²) < 4.78 is 36.7. The first-order valence-electron chi connectivity index (χ1n) is 6.51. The monoisotopic (exact) mass is 335 g/mol. The molecule has 0 saturated carbocycles. The Morgan fingerprint density at radius 1 is 1.38 bits per heavy atom. The van der Waals surface area contributed by atoms with E-state index in [9.17, 15) is 17.6 Å². The lowest BCUT2D eigenvalue weighted by atomic mass is 9.90. The van der Waals surface area contributed by atoms with Gasteiger partial charge in [-0.15, -0.1) is 0 Å². The molecule has 1 N–H and O–H groups in total. The van der Waals surface area contributed by atoms with E-state index in [1.54, 1.807) is 0 Å². The molecule has 118 valence electrons. The van der Waals surface area contributed by atoms with Crippen LogP contribution in [0.1, 0.15) is 43.1 Å². The van der Waals surface area contributed by atoms with E-state index in [1.165, 1.54) is 6.92 Å². The number of carbonyl (C=O) groups is 1. The molecule has 0 aromatic heterocycles. The van der Waals surface area contributed by atoms with E-state index in [0.717, 1.165) is 18.6 Å². The Bertz CT molecular complexity index is 656. The summed E-state index contributed by atoms with van der Waals surface area (Å²) in [5, 5.41) is 2.62. The second-order valence-electron chi connectivity index (χ2n) is 5.74. The first kappa shape index (κ1) is 17.9. The number of hydrogen-bond acceptors (Lipinski definition) is 3. The highest BCUT2D eigenvalue weighted by Crippen LogP contribution is 2.23. The molecule has 0 unspecified atom stereocenters. The molecule has 4 nitrogen and oxygen atoms in total. The smallest absolute Gasteiger partial charge is 0.261 e. The van der Waals surface area contributed by atoms with Crippen molar-refractivity contribution in [2.45, 2.75) is 39.0 Å². The fraction of sp³-hybridized carbons (Fsp3) is 0.500. The largest absolute Gasteiger partial charge is 0.351 e. The minimum absolute atomic E-state index is 0.0524. The van der Waals surface area contributed by atoms with Gasteiger partial charge in [-0.3, -0.25) is 4.79 Å². The normalized spacial score (nSPS) is 12.3. The second kappa shape index (κ2) is 6.32. The molecule has 0 fully saturated rings. The number of carbonyl (C=O) groups excluding carboxylic acids is 1. The third-order valence-electron chi connectivity index (χ3n) is 3.44. The molecule has 1 rings (SSSR count). The van der Waals surface area contributed by atoms with E-state index >= 15 is 0 Å². The van der Waals surface area contributed by atoms with Crippen LogP contribution >= 0.6 is 10.7 Å². The zero-order chi connectivity index (χ0) is 16.4. The molecule has 1 aromatic rings. The Hall–Kier alpha value is -1.14. The summed E-state index contributed by atoms with van der Waals surface area (Å²) in [6, 6.07) is 2.06. The van der Waals surface area contributed by atoms with Crippen molar-refractivity contribution in [3.05, 3.63) is 29.1 Å². The van der Waals surface area contributed by atoms with Crippen molar-refractivity contribution in [2.24, 2.45) is 5.41 Å². The lowest BCUT2D eigenvalue weighted by molar-refractivity contribution is 0.0931. The minimum Gasteiger partial charge on any atom is -0.351 e. The lowest BCUT2D eigenvalue weighted by Gasteiger charge is -2.23.